The summed E-state index contributed by atoms with van der Waals surface area (Å²) >= 11 is 3.13. The quantitative estimate of drug-likeness (QED) is 0.886. The van der Waals surface area contributed by atoms with E-state index < -0.39 is 5.97 Å². The minimum absolute atomic E-state index is 0.0300. The highest BCUT2D eigenvalue weighted by molar-refractivity contribution is 9.10. The fourth-order valence-corrected chi connectivity index (χ4v) is 2.18. The monoisotopic (exact) mass is 258 g/mol. The lowest BCUT2D eigenvalue weighted by Gasteiger charge is -2.02. The van der Waals surface area contributed by atoms with Crippen molar-refractivity contribution in [1.29, 1.82) is 0 Å². The summed E-state index contributed by atoms with van der Waals surface area (Å²) in [7, 11) is 0. The van der Waals surface area contributed by atoms with Crippen LogP contribution in [0.2, 0.25) is 0 Å². The van der Waals surface area contributed by atoms with E-state index in [1.165, 1.54) is 6.07 Å². The van der Waals surface area contributed by atoms with Gasteiger partial charge in [-0.1, -0.05) is 12.1 Å². The van der Waals surface area contributed by atoms with E-state index in [-0.39, 0.29) is 17.7 Å². The van der Waals surface area contributed by atoms with Crippen LogP contribution in [0.15, 0.2) is 22.7 Å². The summed E-state index contributed by atoms with van der Waals surface area (Å²) in [6.07, 6.45) is 0.609. The average molecular weight is 259 g/mol. The molecule has 0 spiro atoms. The van der Waals surface area contributed by atoms with Crippen LogP contribution in [0, 0.1) is 11.7 Å². The van der Waals surface area contributed by atoms with Crippen molar-refractivity contribution in [2.24, 2.45) is 5.92 Å². The van der Waals surface area contributed by atoms with E-state index in [0.717, 1.165) is 5.56 Å². The zero-order chi connectivity index (χ0) is 10.3. The smallest absolute Gasteiger partial charge is 0.307 e. The summed E-state index contributed by atoms with van der Waals surface area (Å²) in [5.41, 5.74) is 0.761. The zero-order valence-corrected chi connectivity index (χ0v) is 8.79. The van der Waals surface area contributed by atoms with Crippen LogP contribution in [0.1, 0.15) is 17.9 Å². The molecule has 2 rings (SSSR count). The van der Waals surface area contributed by atoms with Gasteiger partial charge in [0.25, 0.3) is 0 Å². The van der Waals surface area contributed by atoms with Gasteiger partial charge in [0.2, 0.25) is 0 Å². The lowest BCUT2D eigenvalue weighted by molar-refractivity contribution is -0.138. The molecule has 1 aliphatic carbocycles. The Bertz CT molecular complexity index is 392. The number of carboxylic acids is 1. The number of rotatable bonds is 2. The fraction of sp³-hybridized carbons (Fsp3) is 0.300. The minimum atomic E-state index is -0.800. The van der Waals surface area contributed by atoms with Gasteiger partial charge in [0.15, 0.2) is 0 Å². The summed E-state index contributed by atoms with van der Waals surface area (Å²) < 4.78 is 13.5. The van der Waals surface area contributed by atoms with Gasteiger partial charge in [-0.05, 0) is 39.9 Å². The average Bonchev–Trinajstić information content (AvgIpc) is 2.89. The first-order valence-corrected chi connectivity index (χ1v) is 5.07. The third kappa shape index (κ3) is 1.54. The van der Waals surface area contributed by atoms with Crippen LogP contribution >= 0.6 is 15.9 Å². The highest BCUT2D eigenvalue weighted by Gasteiger charge is 2.45. The second-order valence-electron chi connectivity index (χ2n) is 3.43. The van der Waals surface area contributed by atoms with E-state index in [1.54, 1.807) is 12.1 Å². The molecule has 1 N–H and O–H groups in total. The lowest BCUT2D eigenvalue weighted by atomic mass is 10.1. The molecule has 1 aliphatic rings. The van der Waals surface area contributed by atoms with Gasteiger partial charge < -0.3 is 5.11 Å². The van der Waals surface area contributed by atoms with Crippen molar-refractivity contribution < 1.29 is 14.3 Å². The van der Waals surface area contributed by atoms with Crippen LogP contribution in [0.3, 0.4) is 0 Å². The molecule has 0 aromatic heterocycles. The van der Waals surface area contributed by atoms with E-state index in [9.17, 15) is 9.18 Å². The van der Waals surface area contributed by atoms with E-state index in [1.807, 2.05) is 0 Å². The predicted octanol–water partition coefficient (Wildman–Crippen LogP) is 2.78. The van der Waals surface area contributed by atoms with E-state index in [2.05, 4.69) is 15.9 Å². The van der Waals surface area contributed by atoms with E-state index in [4.69, 9.17) is 5.11 Å². The van der Waals surface area contributed by atoms with Gasteiger partial charge in [0.1, 0.15) is 5.82 Å². The maximum atomic E-state index is 13.1. The van der Waals surface area contributed by atoms with Crippen LogP contribution in [0.5, 0.6) is 0 Å². The Balaban J connectivity index is 2.27. The Morgan fingerprint density at radius 3 is 2.86 bits per heavy atom. The summed E-state index contributed by atoms with van der Waals surface area (Å²) in [6, 6.07) is 4.72. The first-order valence-electron chi connectivity index (χ1n) is 4.28. The molecule has 1 aromatic carbocycles. The number of halogens is 2. The SMILES string of the molecule is O=C(O)[C@@H]1C[C@H]1c1cccc(F)c1Br. The molecule has 1 fully saturated rings. The van der Waals surface area contributed by atoms with Gasteiger partial charge in [-0.3, -0.25) is 4.79 Å². The molecule has 74 valence electrons. The minimum Gasteiger partial charge on any atom is -0.481 e. The van der Waals surface area contributed by atoms with Gasteiger partial charge in [0, 0.05) is 0 Å². The normalized spacial score (nSPS) is 24.7. The highest BCUT2D eigenvalue weighted by atomic mass is 79.9. The van der Waals surface area contributed by atoms with Crippen LogP contribution < -0.4 is 0 Å². The Labute approximate surface area is 88.9 Å². The van der Waals surface area contributed by atoms with Crippen LogP contribution in [-0.4, -0.2) is 11.1 Å². The molecular formula is C10H8BrFO2. The highest BCUT2D eigenvalue weighted by Crippen LogP contribution is 2.49. The molecule has 1 aromatic rings. The van der Waals surface area contributed by atoms with Crippen LogP contribution in [0.25, 0.3) is 0 Å². The topological polar surface area (TPSA) is 37.3 Å². The van der Waals surface area contributed by atoms with Gasteiger partial charge in [-0.2, -0.15) is 0 Å². The summed E-state index contributed by atoms with van der Waals surface area (Å²) in [5, 5.41) is 8.74. The third-order valence-electron chi connectivity index (χ3n) is 2.49. The molecule has 0 bridgehead atoms. The van der Waals surface area contributed by atoms with Crippen molar-refractivity contribution in [2.45, 2.75) is 12.3 Å². The molecule has 0 saturated heterocycles. The second-order valence-corrected chi connectivity index (χ2v) is 4.22. The lowest BCUT2D eigenvalue weighted by Crippen LogP contribution is -1.99. The van der Waals surface area contributed by atoms with E-state index >= 15 is 0 Å². The Morgan fingerprint density at radius 1 is 1.57 bits per heavy atom. The molecule has 0 radical (unpaired) electrons. The predicted molar refractivity (Wildman–Crippen MR) is 52.6 cm³/mol. The number of benzene rings is 1. The van der Waals surface area contributed by atoms with Crippen molar-refractivity contribution in [1.82, 2.24) is 0 Å². The maximum absolute atomic E-state index is 13.1. The molecule has 14 heavy (non-hydrogen) atoms. The van der Waals surface area contributed by atoms with Gasteiger partial charge in [-0.25, -0.2) is 4.39 Å². The summed E-state index contributed by atoms with van der Waals surface area (Å²) in [4.78, 5) is 10.6. The van der Waals surface area contributed by atoms with Crippen molar-refractivity contribution in [3.05, 3.63) is 34.1 Å². The molecule has 0 amide bonds. The molecule has 4 heteroatoms. The van der Waals surface area contributed by atoms with Crippen LogP contribution in [0.4, 0.5) is 4.39 Å². The molecular weight excluding hydrogens is 251 g/mol. The van der Waals surface area contributed by atoms with Crippen molar-refractivity contribution >= 4 is 21.9 Å². The summed E-state index contributed by atoms with van der Waals surface area (Å²) in [6.45, 7) is 0. The Kier molecular flexibility index (Phi) is 2.31. The number of aliphatic carboxylic acids is 1. The number of hydrogen-bond donors (Lipinski definition) is 1. The van der Waals surface area contributed by atoms with Crippen molar-refractivity contribution in [3.8, 4) is 0 Å². The Hall–Kier alpha value is -0.900. The first-order chi connectivity index (χ1) is 6.61. The van der Waals surface area contributed by atoms with E-state index in [0.29, 0.717) is 10.9 Å². The number of carbonyl (C=O) groups is 1. The first kappa shape index (κ1) is 9.65. The molecule has 0 aliphatic heterocycles. The van der Waals surface area contributed by atoms with Gasteiger partial charge in [-0.15, -0.1) is 0 Å². The van der Waals surface area contributed by atoms with Gasteiger partial charge in [0.05, 0.1) is 10.4 Å². The maximum Gasteiger partial charge on any atom is 0.307 e. The van der Waals surface area contributed by atoms with Crippen LogP contribution in [-0.2, 0) is 4.79 Å². The standard InChI is InChI=1S/C10H8BrFO2/c11-9-5(2-1-3-8(9)12)6-4-7(6)10(13)14/h1-3,6-7H,4H2,(H,13,14)/t6-,7+/m0/s1. The molecule has 0 heterocycles. The largest absolute Gasteiger partial charge is 0.481 e. The van der Waals surface area contributed by atoms with Crippen molar-refractivity contribution in [3.63, 3.8) is 0 Å². The molecule has 0 unspecified atom stereocenters. The molecule has 1 saturated carbocycles. The third-order valence-corrected chi connectivity index (χ3v) is 3.33. The van der Waals surface area contributed by atoms with Crippen molar-refractivity contribution in [2.75, 3.05) is 0 Å². The molecule has 2 nitrogen and oxygen atoms in total. The second kappa shape index (κ2) is 3.35. The number of hydrogen-bond acceptors (Lipinski definition) is 1. The summed E-state index contributed by atoms with van der Waals surface area (Å²) in [5.74, 6) is -1.50. The fourth-order valence-electron chi connectivity index (χ4n) is 1.62. The zero-order valence-electron chi connectivity index (χ0n) is 7.21. The Morgan fingerprint density at radius 2 is 2.29 bits per heavy atom. The molecule has 2 atom stereocenters. The van der Waals surface area contributed by atoms with Gasteiger partial charge >= 0.3 is 5.97 Å². The number of carboxylic acid groups (broad SMARTS) is 1.